The highest BCUT2D eigenvalue weighted by Gasteiger charge is 2.25. The van der Waals surface area contributed by atoms with Gasteiger partial charge in [0.15, 0.2) is 11.6 Å². The summed E-state index contributed by atoms with van der Waals surface area (Å²) >= 11 is 0. The van der Waals surface area contributed by atoms with E-state index in [4.69, 9.17) is 0 Å². The normalized spacial score (nSPS) is 19.5. The van der Waals surface area contributed by atoms with Crippen molar-refractivity contribution < 1.29 is 17.6 Å². The Hall–Kier alpha value is -1.84. The Labute approximate surface area is 171 Å². The molecule has 1 aliphatic carbocycles. The summed E-state index contributed by atoms with van der Waals surface area (Å²) in [4.78, 5) is 0. The fourth-order valence-corrected chi connectivity index (χ4v) is 4.59. The van der Waals surface area contributed by atoms with Gasteiger partial charge in [-0.2, -0.15) is 0 Å². The second kappa shape index (κ2) is 9.77. The van der Waals surface area contributed by atoms with Crippen molar-refractivity contribution in [2.75, 3.05) is 0 Å². The summed E-state index contributed by atoms with van der Waals surface area (Å²) in [7, 11) is 0. The molecule has 0 aromatic heterocycles. The first kappa shape index (κ1) is 21.9. The van der Waals surface area contributed by atoms with Gasteiger partial charge in [-0.1, -0.05) is 51.2 Å². The summed E-state index contributed by atoms with van der Waals surface area (Å²) < 4.78 is 57.1. The van der Waals surface area contributed by atoms with E-state index in [-0.39, 0.29) is 17.0 Å². The maximum absolute atomic E-state index is 14.7. The Morgan fingerprint density at radius 2 is 1.55 bits per heavy atom. The van der Waals surface area contributed by atoms with Gasteiger partial charge in [0.2, 0.25) is 0 Å². The van der Waals surface area contributed by atoms with Gasteiger partial charge in [-0.05, 0) is 67.7 Å². The minimum Gasteiger partial charge on any atom is -0.206 e. The average molecular weight is 407 g/mol. The van der Waals surface area contributed by atoms with Crippen molar-refractivity contribution in [1.29, 1.82) is 0 Å². The summed E-state index contributed by atoms with van der Waals surface area (Å²) in [6, 6.07) is 5.40. The van der Waals surface area contributed by atoms with Crippen molar-refractivity contribution in [3.05, 3.63) is 58.7 Å². The van der Waals surface area contributed by atoms with Crippen molar-refractivity contribution in [2.45, 2.75) is 77.6 Å². The number of unbranched alkanes of at least 4 members (excludes halogenated alkanes) is 3. The van der Waals surface area contributed by atoms with E-state index in [0.29, 0.717) is 0 Å². The molecule has 0 saturated heterocycles. The van der Waals surface area contributed by atoms with Gasteiger partial charge in [0.05, 0.1) is 5.56 Å². The number of halogens is 4. The fourth-order valence-electron chi connectivity index (χ4n) is 4.59. The molecule has 0 bridgehead atoms. The second-order valence-electron chi connectivity index (χ2n) is 8.48. The molecule has 2 aromatic carbocycles. The first-order valence-corrected chi connectivity index (χ1v) is 10.9. The Morgan fingerprint density at radius 1 is 0.828 bits per heavy atom. The molecule has 0 unspecified atom stereocenters. The van der Waals surface area contributed by atoms with E-state index in [1.807, 2.05) is 0 Å². The van der Waals surface area contributed by atoms with E-state index in [1.165, 1.54) is 51.2 Å². The zero-order chi connectivity index (χ0) is 21.0. The molecular weight excluding hydrogens is 376 g/mol. The van der Waals surface area contributed by atoms with Crippen LogP contribution in [0.2, 0.25) is 0 Å². The van der Waals surface area contributed by atoms with Gasteiger partial charge >= 0.3 is 0 Å². The minimum absolute atomic E-state index is 0.132. The third kappa shape index (κ3) is 5.02. The first-order chi connectivity index (χ1) is 13.9. The molecule has 158 valence electrons. The van der Waals surface area contributed by atoms with E-state index in [2.05, 4.69) is 6.92 Å². The predicted octanol–water partition coefficient (Wildman–Crippen LogP) is 8.46. The van der Waals surface area contributed by atoms with Crippen molar-refractivity contribution in [1.82, 2.24) is 0 Å². The van der Waals surface area contributed by atoms with Crippen LogP contribution in [0.15, 0.2) is 24.3 Å². The average Bonchev–Trinajstić information content (AvgIpc) is 2.71. The molecule has 3 rings (SSSR count). The van der Waals surface area contributed by atoms with Crippen LogP contribution in [0.5, 0.6) is 0 Å². The molecule has 1 fully saturated rings. The Morgan fingerprint density at radius 3 is 2.21 bits per heavy atom. The van der Waals surface area contributed by atoms with Gasteiger partial charge in [-0.15, -0.1) is 0 Å². The molecule has 0 nitrogen and oxygen atoms in total. The number of hydrogen-bond donors (Lipinski definition) is 0. The van der Waals surface area contributed by atoms with Crippen LogP contribution in [0.4, 0.5) is 17.6 Å². The number of rotatable bonds is 7. The largest absolute Gasteiger partial charge is 0.206 e. The third-order valence-corrected chi connectivity index (χ3v) is 6.39. The quantitative estimate of drug-likeness (QED) is 0.246. The lowest BCUT2D eigenvalue weighted by Gasteiger charge is -2.29. The Balaban J connectivity index is 1.69. The van der Waals surface area contributed by atoms with Crippen LogP contribution < -0.4 is 0 Å². The molecule has 2 aromatic rings. The molecule has 0 atom stereocenters. The first-order valence-electron chi connectivity index (χ1n) is 10.9. The van der Waals surface area contributed by atoms with E-state index in [0.717, 1.165) is 43.2 Å². The Bertz CT molecular complexity index is 835. The molecule has 1 saturated carbocycles. The van der Waals surface area contributed by atoms with Gasteiger partial charge in [-0.25, -0.2) is 17.6 Å². The summed E-state index contributed by atoms with van der Waals surface area (Å²) in [5.74, 6) is -3.09. The van der Waals surface area contributed by atoms with Gasteiger partial charge in [0.25, 0.3) is 0 Å². The third-order valence-electron chi connectivity index (χ3n) is 6.39. The number of hydrogen-bond acceptors (Lipinski definition) is 0. The molecule has 0 heterocycles. The van der Waals surface area contributed by atoms with E-state index in [9.17, 15) is 17.6 Å². The maximum Gasteiger partial charge on any atom is 0.169 e. The molecule has 0 amide bonds. The van der Waals surface area contributed by atoms with Gasteiger partial charge in [-0.3, -0.25) is 0 Å². The monoisotopic (exact) mass is 406 g/mol. The number of benzene rings is 2. The second-order valence-corrected chi connectivity index (χ2v) is 8.48. The minimum atomic E-state index is -1.34. The molecule has 0 spiro atoms. The lowest BCUT2D eigenvalue weighted by Crippen LogP contribution is -2.13. The van der Waals surface area contributed by atoms with Crippen molar-refractivity contribution >= 4 is 0 Å². The van der Waals surface area contributed by atoms with Crippen LogP contribution in [0, 0.1) is 36.1 Å². The standard InChI is InChI=1S/C25H30F4/c1-3-4-5-6-7-17-8-10-18(11-9-17)19-12-13-20(21(26)15-19)23-22(27)14-16(2)24(28)25(23)29/h12-15,17-18H,3-11H2,1-2H3. The summed E-state index contributed by atoms with van der Waals surface area (Å²) in [5, 5.41) is 0. The smallest absolute Gasteiger partial charge is 0.169 e. The highest BCUT2D eigenvalue weighted by Crippen LogP contribution is 2.39. The van der Waals surface area contributed by atoms with Crippen LogP contribution in [0.3, 0.4) is 0 Å². The van der Waals surface area contributed by atoms with Gasteiger partial charge in [0, 0.05) is 5.56 Å². The lowest BCUT2D eigenvalue weighted by molar-refractivity contribution is 0.302. The predicted molar refractivity (Wildman–Crippen MR) is 110 cm³/mol. The SMILES string of the molecule is CCCCCCC1CCC(c2ccc(-c3c(F)cc(C)c(F)c3F)c(F)c2)CC1. The van der Waals surface area contributed by atoms with Crippen LogP contribution in [-0.2, 0) is 0 Å². The topological polar surface area (TPSA) is 0 Å². The maximum atomic E-state index is 14.7. The van der Waals surface area contributed by atoms with E-state index in [1.54, 1.807) is 6.07 Å². The van der Waals surface area contributed by atoms with E-state index < -0.39 is 28.8 Å². The Kier molecular flexibility index (Phi) is 7.37. The molecule has 0 radical (unpaired) electrons. The highest BCUT2D eigenvalue weighted by molar-refractivity contribution is 5.66. The van der Waals surface area contributed by atoms with Crippen LogP contribution in [-0.4, -0.2) is 0 Å². The lowest BCUT2D eigenvalue weighted by atomic mass is 9.77. The molecular formula is C25H30F4. The molecule has 0 aliphatic heterocycles. The van der Waals surface area contributed by atoms with Gasteiger partial charge < -0.3 is 0 Å². The molecule has 0 N–H and O–H groups in total. The summed E-state index contributed by atoms with van der Waals surface area (Å²) in [6.45, 7) is 3.50. The van der Waals surface area contributed by atoms with Crippen LogP contribution in [0.25, 0.3) is 11.1 Å². The highest BCUT2D eigenvalue weighted by atomic mass is 19.2. The van der Waals surface area contributed by atoms with E-state index >= 15 is 0 Å². The van der Waals surface area contributed by atoms with Gasteiger partial charge in [0.1, 0.15) is 11.6 Å². The number of aryl methyl sites for hydroxylation is 1. The zero-order valence-corrected chi connectivity index (χ0v) is 17.3. The molecule has 29 heavy (non-hydrogen) atoms. The fraction of sp³-hybridized carbons (Fsp3) is 0.520. The van der Waals surface area contributed by atoms with Crippen molar-refractivity contribution in [2.24, 2.45) is 5.92 Å². The van der Waals surface area contributed by atoms with Crippen molar-refractivity contribution in [3.8, 4) is 11.1 Å². The summed E-state index contributed by atoms with van der Waals surface area (Å²) in [6.07, 6.45) is 10.7. The van der Waals surface area contributed by atoms with Crippen LogP contribution >= 0.6 is 0 Å². The molecule has 4 heteroatoms. The zero-order valence-electron chi connectivity index (χ0n) is 17.3. The van der Waals surface area contributed by atoms with Crippen LogP contribution in [0.1, 0.15) is 81.8 Å². The molecule has 1 aliphatic rings. The summed E-state index contributed by atoms with van der Waals surface area (Å²) in [5.41, 5.74) is -0.128. The van der Waals surface area contributed by atoms with Crippen molar-refractivity contribution in [3.63, 3.8) is 0 Å².